The molecule has 1 aromatic heterocycles. The molecule has 2 amide bonds. The van der Waals surface area contributed by atoms with E-state index >= 15 is 0 Å². The van der Waals surface area contributed by atoms with Gasteiger partial charge in [-0.1, -0.05) is 12.1 Å². The van der Waals surface area contributed by atoms with Gasteiger partial charge in [0.15, 0.2) is 5.75 Å². The molecule has 264 valence electrons. The molecule has 3 aromatic carbocycles. The fourth-order valence-corrected chi connectivity index (χ4v) is 4.87. The van der Waals surface area contributed by atoms with Crippen LogP contribution in [-0.4, -0.2) is 72.4 Å². The molecule has 15 nitrogen and oxygen atoms in total. The smallest absolute Gasteiger partial charge is 0.311 e. The zero-order valence-electron chi connectivity index (χ0n) is 27.1. The Morgan fingerprint density at radius 2 is 1.60 bits per heavy atom. The Hall–Kier alpha value is -5.93. The lowest BCUT2D eigenvalue weighted by molar-refractivity contribution is -0.134. The van der Waals surface area contributed by atoms with Crippen LogP contribution in [0.2, 0.25) is 0 Å². The van der Waals surface area contributed by atoms with Gasteiger partial charge in [0, 0.05) is 38.0 Å². The Kier molecular flexibility index (Phi) is 12.9. The summed E-state index contributed by atoms with van der Waals surface area (Å²) in [6.45, 7) is 0.187. The van der Waals surface area contributed by atoms with E-state index in [2.05, 4.69) is 5.32 Å². The van der Waals surface area contributed by atoms with Gasteiger partial charge >= 0.3 is 5.97 Å². The van der Waals surface area contributed by atoms with Crippen LogP contribution in [0, 0.1) is 0 Å². The van der Waals surface area contributed by atoms with Crippen LogP contribution in [0.4, 0.5) is 5.69 Å². The van der Waals surface area contributed by atoms with E-state index in [1.165, 1.54) is 55.8 Å². The number of benzene rings is 3. The third-order valence-corrected chi connectivity index (χ3v) is 7.31. The molecule has 1 heterocycles. The Morgan fingerprint density at radius 3 is 2.32 bits per heavy atom. The van der Waals surface area contributed by atoms with Crippen molar-refractivity contribution in [3.05, 3.63) is 70.6 Å². The summed E-state index contributed by atoms with van der Waals surface area (Å²) >= 11 is 0. The van der Waals surface area contributed by atoms with Crippen LogP contribution in [0.5, 0.6) is 28.7 Å². The van der Waals surface area contributed by atoms with Crippen LogP contribution in [0.25, 0.3) is 22.1 Å². The van der Waals surface area contributed by atoms with Gasteiger partial charge in [0.1, 0.15) is 58.2 Å². The number of rotatable bonds is 18. The Bertz CT molecular complexity index is 1920. The number of ketones is 1. The second kappa shape index (κ2) is 17.5. The lowest BCUT2D eigenvalue weighted by Gasteiger charge is -2.13. The second-order valence-electron chi connectivity index (χ2n) is 10.9. The number of fused-ring (bicyclic) bond motifs is 1. The first kappa shape index (κ1) is 36.9. The number of phenols is 3. The molecule has 4 aromatic rings. The molecule has 0 unspecified atom stereocenters. The van der Waals surface area contributed by atoms with Gasteiger partial charge in [0.05, 0.1) is 31.6 Å². The number of carbonyl (C=O) groups is 4. The number of ether oxygens (including phenoxy) is 4. The number of aromatic hydroxyl groups is 3. The normalized spacial score (nSPS) is 10.9. The first-order chi connectivity index (χ1) is 24.0. The van der Waals surface area contributed by atoms with Gasteiger partial charge in [-0.25, -0.2) is 0 Å². The van der Waals surface area contributed by atoms with Crippen LogP contribution >= 0.6 is 0 Å². The molecule has 0 atom stereocenters. The molecule has 4 rings (SSSR count). The maximum absolute atomic E-state index is 13.0. The lowest BCUT2D eigenvalue weighted by atomic mass is 10.0. The van der Waals surface area contributed by atoms with Crippen molar-refractivity contribution in [2.75, 3.05) is 38.9 Å². The minimum absolute atomic E-state index is 0.0158. The van der Waals surface area contributed by atoms with Crippen molar-refractivity contribution in [2.24, 2.45) is 5.73 Å². The molecular formula is C35H36N2O13. The summed E-state index contributed by atoms with van der Waals surface area (Å²) in [7, 11) is 1.31. The van der Waals surface area contributed by atoms with Crippen molar-refractivity contribution in [3.8, 4) is 39.9 Å². The summed E-state index contributed by atoms with van der Waals surface area (Å²) in [6, 6.07) is 11.1. The molecule has 0 aliphatic carbocycles. The Morgan fingerprint density at radius 1 is 0.880 bits per heavy atom. The number of nitrogens with one attached hydrogen (secondary N) is 1. The highest BCUT2D eigenvalue weighted by molar-refractivity contribution is 6.02. The van der Waals surface area contributed by atoms with Gasteiger partial charge in [0.2, 0.25) is 11.3 Å². The quantitative estimate of drug-likeness (QED) is 0.0433. The predicted octanol–water partition coefficient (Wildman–Crippen LogP) is 3.78. The maximum Gasteiger partial charge on any atom is 0.311 e. The molecule has 15 heteroatoms. The number of esters is 1. The van der Waals surface area contributed by atoms with E-state index in [4.69, 9.17) is 29.1 Å². The highest BCUT2D eigenvalue weighted by Gasteiger charge is 2.20. The minimum atomic E-state index is -0.922. The summed E-state index contributed by atoms with van der Waals surface area (Å²) in [5.74, 6) is -3.08. The average Bonchev–Trinajstić information content (AvgIpc) is 3.07. The van der Waals surface area contributed by atoms with E-state index in [1.807, 2.05) is 0 Å². The van der Waals surface area contributed by atoms with Gasteiger partial charge in [-0.05, 0) is 42.7 Å². The number of phenolic OH excluding ortho intramolecular Hbond substituents is 2. The Balaban J connectivity index is 1.09. The second-order valence-corrected chi connectivity index (χ2v) is 10.9. The number of methoxy groups -OCH3 is 1. The highest BCUT2D eigenvalue weighted by Crippen LogP contribution is 2.34. The van der Waals surface area contributed by atoms with Gasteiger partial charge in [-0.3, -0.25) is 24.0 Å². The summed E-state index contributed by atoms with van der Waals surface area (Å²) < 4.78 is 26.5. The van der Waals surface area contributed by atoms with Gasteiger partial charge in [-0.2, -0.15) is 0 Å². The van der Waals surface area contributed by atoms with E-state index in [1.54, 1.807) is 0 Å². The van der Waals surface area contributed by atoms with Crippen LogP contribution in [0.15, 0.2) is 64.0 Å². The van der Waals surface area contributed by atoms with Gasteiger partial charge in [-0.15, -0.1) is 0 Å². The Labute approximate surface area is 285 Å². The molecule has 0 aliphatic heterocycles. The molecule has 50 heavy (non-hydrogen) atoms. The zero-order valence-corrected chi connectivity index (χ0v) is 27.1. The summed E-state index contributed by atoms with van der Waals surface area (Å²) in [6.07, 6.45) is 2.24. The molecule has 0 radical (unpaired) electrons. The average molecular weight is 693 g/mol. The molecule has 0 aliphatic rings. The monoisotopic (exact) mass is 692 g/mol. The fraction of sp³-hybridized carbons (Fsp3) is 0.286. The maximum atomic E-state index is 13.0. The van der Waals surface area contributed by atoms with Gasteiger partial charge < -0.3 is 49.7 Å². The number of hydrogen-bond acceptors (Lipinski definition) is 13. The number of Topliss-reactive ketones (excluding diaryl/α,β-unsaturated/α-hetero) is 1. The van der Waals surface area contributed by atoms with Crippen molar-refractivity contribution in [1.82, 2.24) is 0 Å². The van der Waals surface area contributed by atoms with E-state index in [0.29, 0.717) is 12.0 Å². The van der Waals surface area contributed by atoms with E-state index in [9.17, 15) is 39.3 Å². The number of nitrogens with two attached hydrogens (primary N) is 1. The number of carbonyl (C=O) groups excluding carboxylic acids is 4. The molecule has 0 saturated carbocycles. The minimum Gasteiger partial charge on any atom is -0.508 e. The van der Waals surface area contributed by atoms with E-state index < -0.39 is 34.7 Å². The third kappa shape index (κ3) is 9.81. The summed E-state index contributed by atoms with van der Waals surface area (Å²) in [5, 5.41) is 32.5. The van der Waals surface area contributed by atoms with E-state index in [-0.39, 0.29) is 103 Å². The van der Waals surface area contributed by atoms with Gasteiger partial charge in [0.25, 0.3) is 5.91 Å². The predicted molar refractivity (Wildman–Crippen MR) is 178 cm³/mol. The van der Waals surface area contributed by atoms with Crippen LogP contribution < -0.4 is 26.0 Å². The molecular weight excluding hydrogens is 656 g/mol. The fourth-order valence-electron chi connectivity index (χ4n) is 4.87. The molecule has 0 saturated heterocycles. The summed E-state index contributed by atoms with van der Waals surface area (Å²) in [4.78, 5) is 61.3. The molecule has 0 fully saturated rings. The number of amides is 2. The standard InChI is InChI=1S/C35H36N2O13/c1-46-27-12-11-25(34(44)32(27)35(36)45)37-29(41)19-48-15-14-47-13-3-5-21(38)4-2-6-30(42)50-23-16-26(40)31-28(17-23)49-18-24(33(31)43)20-7-9-22(39)10-8-20/h7-12,16-18,39-40,44H,2-6,13-15,19H2,1H3,(H2,36,45)(H,37,41). The lowest BCUT2D eigenvalue weighted by Crippen LogP contribution is -2.21. The van der Waals surface area contributed by atoms with Crippen molar-refractivity contribution in [2.45, 2.75) is 32.1 Å². The van der Waals surface area contributed by atoms with Crippen molar-refractivity contribution >= 4 is 40.2 Å². The third-order valence-electron chi connectivity index (χ3n) is 7.31. The molecule has 6 N–H and O–H groups in total. The van der Waals surface area contributed by atoms with E-state index in [0.717, 1.165) is 6.07 Å². The van der Waals surface area contributed by atoms with Crippen molar-refractivity contribution in [1.29, 1.82) is 0 Å². The molecule has 0 bridgehead atoms. The van der Waals surface area contributed by atoms with Crippen LogP contribution in [-0.2, 0) is 23.9 Å². The number of anilines is 1. The van der Waals surface area contributed by atoms with Crippen molar-refractivity contribution in [3.63, 3.8) is 0 Å². The van der Waals surface area contributed by atoms with Crippen molar-refractivity contribution < 1.29 is 57.9 Å². The molecule has 0 spiro atoms. The SMILES string of the molecule is COc1ccc(NC(=O)COCCOCCCC(=O)CCCC(=O)Oc2cc(O)c3c(=O)c(-c4ccc(O)cc4)coc3c2)c(O)c1C(N)=O. The highest BCUT2D eigenvalue weighted by atomic mass is 16.5. The topological polar surface area (TPSA) is 234 Å². The largest absolute Gasteiger partial charge is 0.508 e. The van der Waals surface area contributed by atoms with Crippen LogP contribution in [0.1, 0.15) is 42.5 Å². The van der Waals surface area contributed by atoms with Crippen LogP contribution in [0.3, 0.4) is 0 Å². The summed E-state index contributed by atoms with van der Waals surface area (Å²) in [5.41, 5.74) is 5.15. The first-order valence-electron chi connectivity index (χ1n) is 15.4. The first-order valence-corrected chi connectivity index (χ1v) is 15.4. The number of primary amides is 1. The number of hydrogen-bond donors (Lipinski definition) is 5. The zero-order chi connectivity index (χ0) is 36.2.